The molecule has 0 unspecified atom stereocenters. The average molecular weight is 240 g/mol. The Balaban J connectivity index is 2.32. The van der Waals surface area contributed by atoms with Crippen LogP contribution in [0.1, 0.15) is 6.42 Å². The molecule has 1 heterocycles. The normalized spacial score (nSPS) is 26.6. The number of hydrogen-bond donors (Lipinski definition) is 2. The molecule has 2 atom stereocenters. The summed E-state index contributed by atoms with van der Waals surface area (Å²) in [5.41, 5.74) is 5.91. The van der Waals surface area contributed by atoms with Gasteiger partial charge in [0.25, 0.3) is 0 Å². The van der Waals surface area contributed by atoms with Crippen molar-refractivity contribution in [3.8, 4) is 0 Å². The van der Waals surface area contributed by atoms with Gasteiger partial charge in [-0.15, -0.1) is 0 Å². The minimum Gasteiger partial charge on any atom is -0.348 e. The maximum Gasteiger partial charge on any atom is 0.243 e. The van der Waals surface area contributed by atoms with E-state index in [1.807, 2.05) is 32.1 Å². The van der Waals surface area contributed by atoms with Crippen LogP contribution in [0.5, 0.6) is 0 Å². The van der Waals surface area contributed by atoms with E-state index >= 15 is 0 Å². The van der Waals surface area contributed by atoms with E-state index in [0.29, 0.717) is 0 Å². The largest absolute Gasteiger partial charge is 0.348 e. The Morgan fingerprint density at radius 3 is 2.82 bits per heavy atom. The first-order valence-corrected chi connectivity index (χ1v) is 6.03. The highest BCUT2D eigenvalue weighted by Gasteiger charge is 2.23. The predicted molar refractivity (Wildman–Crippen MR) is 69.7 cm³/mol. The Hall–Kier alpha value is -0.910. The number of nitrogens with zero attached hydrogens (tertiary/aromatic N) is 2. The molecule has 0 aromatic rings. The van der Waals surface area contributed by atoms with E-state index in [2.05, 4.69) is 10.2 Å². The summed E-state index contributed by atoms with van der Waals surface area (Å²) in [7, 11) is 5.97. The van der Waals surface area contributed by atoms with Crippen LogP contribution in [0.25, 0.3) is 0 Å². The van der Waals surface area contributed by atoms with Gasteiger partial charge in [0.2, 0.25) is 5.91 Å². The molecule has 17 heavy (non-hydrogen) atoms. The zero-order valence-electron chi connectivity index (χ0n) is 11.0. The van der Waals surface area contributed by atoms with Gasteiger partial charge >= 0.3 is 0 Å². The molecule has 1 amide bonds. The number of likely N-dealkylation sites (tertiary alicyclic amines) is 1. The SMILES string of the molecule is CN(C)C/C=C/C(=O)N[C@@H]1C[C@H](N)CN(C)C1. The fourth-order valence-corrected chi connectivity index (χ4v) is 2.09. The number of carbonyl (C=O) groups is 1. The van der Waals surface area contributed by atoms with Gasteiger partial charge in [-0.25, -0.2) is 0 Å². The fraction of sp³-hybridized carbons (Fsp3) is 0.750. The zero-order valence-corrected chi connectivity index (χ0v) is 11.0. The highest BCUT2D eigenvalue weighted by Crippen LogP contribution is 2.07. The third kappa shape index (κ3) is 5.81. The van der Waals surface area contributed by atoms with Gasteiger partial charge in [-0.1, -0.05) is 6.08 Å². The van der Waals surface area contributed by atoms with Gasteiger partial charge in [-0.05, 0) is 27.6 Å². The van der Waals surface area contributed by atoms with Crippen molar-refractivity contribution >= 4 is 5.91 Å². The molecule has 1 rings (SSSR count). The van der Waals surface area contributed by atoms with Crippen LogP contribution in [0.15, 0.2) is 12.2 Å². The van der Waals surface area contributed by atoms with Crippen LogP contribution in [0.4, 0.5) is 0 Å². The first-order chi connectivity index (χ1) is 7.97. The molecule has 0 aromatic carbocycles. The summed E-state index contributed by atoms with van der Waals surface area (Å²) >= 11 is 0. The molecule has 0 radical (unpaired) electrons. The monoisotopic (exact) mass is 240 g/mol. The summed E-state index contributed by atoms with van der Waals surface area (Å²) < 4.78 is 0. The summed E-state index contributed by atoms with van der Waals surface area (Å²) in [5, 5.41) is 2.99. The second-order valence-electron chi connectivity index (χ2n) is 5.09. The molecule has 0 aliphatic carbocycles. The van der Waals surface area contributed by atoms with Gasteiger partial charge in [-0.2, -0.15) is 0 Å². The molecule has 1 saturated heterocycles. The number of carbonyl (C=O) groups excluding carboxylic acids is 1. The molecule has 5 heteroatoms. The molecular weight excluding hydrogens is 216 g/mol. The van der Waals surface area contributed by atoms with Gasteiger partial charge in [0.15, 0.2) is 0 Å². The average Bonchev–Trinajstić information content (AvgIpc) is 2.14. The van der Waals surface area contributed by atoms with Crippen molar-refractivity contribution in [2.24, 2.45) is 5.73 Å². The highest BCUT2D eigenvalue weighted by atomic mass is 16.1. The van der Waals surface area contributed by atoms with Crippen LogP contribution in [0.3, 0.4) is 0 Å². The number of likely N-dealkylation sites (N-methyl/N-ethyl adjacent to an activating group) is 2. The minimum atomic E-state index is -0.0284. The van der Waals surface area contributed by atoms with E-state index < -0.39 is 0 Å². The second-order valence-corrected chi connectivity index (χ2v) is 5.09. The molecule has 0 aromatic heterocycles. The van der Waals surface area contributed by atoms with Crippen molar-refractivity contribution in [3.05, 3.63) is 12.2 Å². The summed E-state index contributed by atoms with van der Waals surface area (Å²) in [6.07, 6.45) is 4.32. The van der Waals surface area contributed by atoms with Crippen LogP contribution in [-0.2, 0) is 4.79 Å². The van der Waals surface area contributed by atoms with Gasteiger partial charge in [0.05, 0.1) is 0 Å². The second kappa shape index (κ2) is 6.74. The van der Waals surface area contributed by atoms with Gasteiger partial charge in [0, 0.05) is 37.8 Å². The van der Waals surface area contributed by atoms with Crippen LogP contribution in [0.2, 0.25) is 0 Å². The summed E-state index contributed by atoms with van der Waals surface area (Å²) in [4.78, 5) is 15.8. The Morgan fingerprint density at radius 2 is 2.24 bits per heavy atom. The molecule has 98 valence electrons. The Morgan fingerprint density at radius 1 is 1.53 bits per heavy atom. The third-order valence-electron chi connectivity index (χ3n) is 2.75. The van der Waals surface area contributed by atoms with Crippen molar-refractivity contribution in [3.63, 3.8) is 0 Å². The minimum absolute atomic E-state index is 0.0284. The standard InChI is InChI=1S/C12H24N4O/c1-15(2)6-4-5-12(17)14-11-7-10(13)8-16(3)9-11/h4-5,10-11H,6-9,13H2,1-3H3,(H,14,17)/b5-4+/t10-,11+/m0/s1. The van der Waals surface area contributed by atoms with Crippen molar-refractivity contribution in [1.29, 1.82) is 0 Å². The zero-order chi connectivity index (χ0) is 12.8. The van der Waals surface area contributed by atoms with Crippen molar-refractivity contribution < 1.29 is 4.79 Å². The van der Waals surface area contributed by atoms with Crippen molar-refractivity contribution in [2.45, 2.75) is 18.5 Å². The number of rotatable bonds is 4. The molecule has 1 aliphatic rings. The Kier molecular flexibility index (Phi) is 5.61. The quantitative estimate of drug-likeness (QED) is 0.635. The maximum absolute atomic E-state index is 11.6. The first-order valence-electron chi connectivity index (χ1n) is 6.03. The number of hydrogen-bond acceptors (Lipinski definition) is 4. The summed E-state index contributed by atoms with van der Waals surface area (Å²) in [5.74, 6) is -0.0284. The Bertz CT molecular complexity index is 268. The van der Waals surface area contributed by atoms with Crippen LogP contribution in [-0.4, -0.2) is 68.6 Å². The number of piperidine rings is 1. The molecule has 0 spiro atoms. The number of nitrogens with two attached hydrogens (primary N) is 1. The lowest BCUT2D eigenvalue weighted by atomic mass is 10.0. The molecule has 3 N–H and O–H groups in total. The third-order valence-corrected chi connectivity index (χ3v) is 2.75. The molecular formula is C12H24N4O. The van der Waals surface area contributed by atoms with E-state index in [4.69, 9.17) is 5.73 Å². The first kappa shape index (κ1) is 14.2. The molecule has 0 bridgehead atoms. The van der Waals surface area contributed by atoms with Crippen LogP contribution >= 0.6 is 0 Å². The lowest BCUT2D eigenvalue weighted by molar-refractivity contribution is -0.117. The van der Waals surface area contributed by atoms with Gasteiger partial charge in [-0.3, -0.25) is 4.79 Å². The fourth-order valence-electron chi connectivity index (χ4n) is 2.09. The smallest absolute Gasteiger partial charge is 0.243 e. The van der Waals surface area contributed by atoms with E-state index in [-0.39, 0.29) is 18.0 Å². The molecule has 0 saturated carbocycles. The molecule has 5 nitrogen and oxygen atoms in total. The summed E-state index contributed by atoms with van der Waals surface area (Å²) in [6, 6.07) is 0.324. The highest BCUT2D eigenvalue weighted by molar-refractivity contribution is 5.87. The predicted octanol–water partition coefficient (Wildman–Crippen LogP) is -0.748. The number of amides is 1. The maximum atomic E-state index is 11.6. The van der Waals surface area contributed by atoms with Crippen molar-refractivity contribution in [2.75, 3.05) is 40.8 Å². The molecule has 1 fully saturated rings. The van der Waals surface area contributed by atoms with E-state index in [1.165, 1.54) is 0 Å². The van der Waals surface area contributed by atoms with Gasteiger partial charge in [0.1, 0.15) is 0 Å². The lowest BCUT2D eigenvalue weighted by Gasteiger charge is -2.33. The summed E-state index contributed by atoms with van der Waals surface area (Å²) in [6.45, 7) is 2.56. The lowest BCUT2D eigenvalue weighted by Crippen LogP contribution is -2.53. The number of nitrogens with one attached hydrogen (secondary N) is 1. The van der Waals surface area contributed by atoms with E-state index in [9.17, 15) is 4.79 Å². The topological polar surface area (TPSA) is 61.6 Å². The Labute approximate surface area is 104 Å². The van der Waals surface area contributed by atoms with Gasteiger partial charge < -0.3 is 20.9 Å². The van der Waals surface area contributed by atoms with Crippen LogP contribution < -0.4 is 11.1 Å². The van der Waals surface area contributed by atoms with Crippen LogP contribution in [0, 0.1) is 0 Å². The van der Waals surface area contributed by atoms with Crippen molar-refractivity contribution in [1.82, 2.24) is 15.1 Å². The van der Waals surface area contributed by atoms with E-state index in [1.54, 1.807) is 6.08 Å². The van der Waals surface area contributed by atoms with E-state index in [0.717, 1.165) is 26.1 Å². The molecule has 1 aliphatic heterocycles.